The molecule has 0 aliphatic carbocycles. The molecule has 2 rings (SSSR count). The number of hydrogen-bond acceptors (Lipinski definition) is 2. The number of benzene rings is 1. The van der Waals surface area contributed by atoms with Gasteiger partial charge in [-0.1, -0.05) is 28.1 Å². The Morgan fingerprint density at radius 3 is 2.79 bits per heavy atom. The number of carbonyl (C=O) groups excluding carboxylic acids is 1. The zero-order valence-electron chi connectivity index (χ0n) is 11.6. The number of nitrogens with zero attached hydrogens (tertiary/aromatic N) is 1. The monoisotopic (exact) mass is 325 g/mol. The Hall–Kier alpha value is -0.870. The second-order valence-electron chi connectivity index (χ2n) is 5.70. The van der Waals surface area contributed by atoms with Crippen LogP contribution in [-0.4, -0.2) is 34.1 Å². The van der Waals surface area contributed by atoms with Crippen LogP contribution in [0.4, 0.5) is 0 Å². The van der Waals surface area contributed by atoms with E-state index >= 15 is 0 Å². The van der Waals surface area contributed by atoms with E-state index in [1.165, 1.54) is 0 Å². The number of carbonyl (C=O) groups is 1. The minimum atomic E-state index is -0.461. The second-order valence-corrected chi connectivity index (χ2v) is 6.56. The second kappa shape index (κ2) is 5.25. The Bertz CT molecular complexity index is 499. The lowest BCUT2D eigenvalue weighted by Crippen LogP contribution is -2.48. The number of likely N-dealkylation sites (tertiary alicyclic amines) is 1. The highest BCUT2D eigenvalue weighted by atomic mass is 79.9. The minimum Gasteiger partial charge on any atom is -0.391 e. The van der Waals surface area contributed by atoms with Crippen molar-refractivity contribution < 1.29 is 9.90 Å². The first-order valence-electron chi connectivity index (χ1n) is 6.56. The number of halogens is 1. The molecule has 1 atom stereocenters. The van der Waals surface area contributed by atoms with Gasteiger partial charge < -0.3 is 10.0 Å². The third-order valence-electron chi connectivity index (χ3n) is 4.16. The molecule has 0 saturated carbocycles. The normalized spacial score (nSPS) is 21.7. The summed E-state index contributed by atoms with van der Waals surface area (Å²) in [5, 5.41) is 9.94. The molecule has 1 aromatic carbocycles. The van der Waals surface area contributed by atoms with Gasteiger partial charge in [-0.05, 0) is 44.4 Å². The topological polar surface area (TPSA) is 40.5 Å². The lowest BCUT2D eigenvalue weighted by molar-refractivity contribution is -0.135. The maximum absolute atomic E-state index is 12.4. The van der Waals surface area contributed by atoms with Crippen molar-refractivity contribution in [1.29, 1.82) is 0 Å². The zero-order chi connectivity index (χ0) is 14.2. The van der Waals surface area contributed by atoms with Crippen molar-refractivity contribution in [2.45, 2.75) is 45.3 Å². The molecule has 104 valence electrons. The molecule has 1 aliphatic heterocycles. The van der Waals surface area contributed by atoms with Gasteiger partial charge in [0.2, 0.25) is 5.91 Å². The fraction of sp³-hybridized carbons (Fsp3) is 0.533. The first kappa shape index (κ1) is 14.5. The Balaban J connectivity index is 2.16. The molecule has 1 aromatic rings. The summed E-state index contributed by atoms with van der Waals surface area (Å²) in [6, 6.07) is 5.91. The van der Waals surface area contributed by atoms with E-state index in [2.05, 4.69) is 15.9 Å². The Morgan fingerprint density at radius 2 is 2.21 bits per heavy atom. The fourth-order valence-electron chi connectivity index (χ4n) is 2.62. The molecule has 0 aromatic heterocycles. The highest BCUT2D eigenvalue weighted by Gasteiger charge is 2.42. The highest BCUT2D eigenvalue weighted by molar-refractivity contribution is 9.10. The van der Waals surface area contributed by atoms with Crippen LogP contribution in [0.5, 0.6) is 0 Å². The van der Waals surface area contributed by atoms with E-state index in [1.807, 2.05) is 39.0 Å². The van der Waals surface area contributed by atoms with Gasteiger partial charge in [-0.2, -0.15) is 0 Å². The van der Waals surface area contributed by atoms with Crippen LogP contribution in [0.3, 0.4) is 0 Å². The fourth-order valence-corrected chi connectivity index (χ4v) is 3.03. The van der Waals surface area contributed by atoms with Crippen molar-refractivity contribution in [3.05, 3.63) is 33.8 Å². The summed E-state index contributed by atoms with van der Waals surface area (Å²) in [5.74, 6) is 0.0859. The number of hydrogen-bond donors (Lipinski definition) is 1. The summed E-state index contributed by atoms with van der Waals surface area (Å²) in [7, 11) is 0. The van der Waals surface area contributed by atoms with Crippen LogP contribution in [0.1, 0.15) is 31.4 Å². The molecule has 1 aliphatic rings. The molecule has 1 heterocycles. The standard InChI is InChI=1S/C15H20BrNO2/c1-10-11(5-4-6-12(10)16)9-14(19)17-8-7-13(18)15(17,2)3/h4-6,13,18H,7-9H2,1-3H3/t13-/m0/s1. The van der Waals surface area contributed by atoms with E-state index in [9.17, 15) is 9.90 Å². The van der Waals surface area contributed by atoms with Gasteiger partial charge in [0.1, 0.15) is 0 Å². The molecule has 3 nitrogen and oxygen atoms in total. The Labute approximate surface area is 122 Å². The molecule has 0 radical (unpaired) electrons. The van der Waals surface area contributed by atoms with Crippen LogP contribution >= 0.6 is 15.9 Å². The first-order valence-corrected chi connectivity index (χ1v) is 7.36. The molecular formula is C15H20BrNO2. The molecule has 0 spiro atoms. The predicted octanol–water partition coefficient (Wildman–Crippen LogP) is 2.67. The van der Waals surface area contributed by atoms with Crippen LogP contribution in [0.25, 0.3) is 0 Å². The smallest absolute Gasteiger partial charge is 0.227 e. The largest absolute Gasteiger partial charge is 0.391 e. The summed E-state index contributed by atoms with van der Waals surface area (Å²) in [6.07, 6.45) is 0.623. The van der Waals surface area contributed by atoms with Gasteiger partial charge in [-0.25, -0.2) is 0 Å². The van der Waals surface area contributed by atoms with Gasteiger partial charge in [-0.3, -0.25) is 4.79 Å². The van der Waals surface area contributed by atoms with Crippen molar-refractivity contribution in [3.63, 3.8) is 0 Å². The van der Waals surface area contributed by atoms with E-state index in [0.29, 0.717) is 19.4 Å². The third kappa shape index (κ3) is 2.70. The molecule has 0 bridgehead atoms. The Kier molecular flexibility index (Phi) is 4.02. The predicted molar refractivity (Wildman–Crippen MR) is 79.0 cm³/mol. The molecule has 1 N–H and O–H groups in total. The molecule has 4 heteroatoms. The SMILES string of the molecule is Cc1c(Br)cccc1CC(=O)N1CC[C@H](O)C1(C)C. The van der Waals surface area contributed by atoms with E-state index in [4.69, 9.17) is 0 Å². The average Bonchev–Trinajstić information content (AvgIpc) is 2.60. The van der Waals surface area contributed by atoms with Gasteiger partial charge in [0.15, 0.2) is 0 Å². The molecule has 19 heavy (non-hydrogen) atoms. The number of rotatable bonds is 2. The van der Waals surface area contributed by atoms with E-state index in [1.54, 1.807) is 4.90 Å². The lowest BCUT2D eigenvalue weighted by Gasteiger charge is -2.34. The molecule has 0 unspecified atom stereocenters. The first-order chi connectivity index (χ1) is 8.84. The maximum Gasteiger partial charge on any atom is 0.227 e. The quantitative estimate of drug-likeness (QED) is 0.908. The molecule has 1 saturated heterocycles. The molecule has 1 fully saturated rings. The zero-order valence-corrected chi connectivity index (χ0v) is 13.2. The number of amides is 1. The van der Waals surface area contributed by atoms with Gasteiger partial charge >= 0.3 is 0 Å². The summed E-state index contributed by atoms with van der Waals surface area (Å²) >= 11 is 3.49. The lowest BCUT2D eigenvalue weighted by atomic mass is 9.97. The van der Waals surface area contributed by atoms with E-state index < -0.39 is 11.6 Å². The van der Waals surface area contributed by atoms with Crippen LogP contribution in [-0.2, 0) is 11.2 Å². The number of aliphatic hydroxyl groups is 1. The summed E-state index contributed by atoms with van der Waals surface area (Å²) in [4.78, 5) is 14.2. The maximum atomic E-state index is 12.4. The van der Waals surface area contributed by atoms with Crippen molar-refractivity contribution in [2.75, 3.05) is 6.54 Å². The van der Waals surface area contributed by atoms with Crippen molar-refractivity contribution >= 4 is 21.8 Å². The van der Waals surface area contributed by atoms with Crippen LogP contribution in [0.2, 0.25) is 0 Å². The third-order valence-corrected chi connectivity index (χ3v) is 5.02. The van der Waals surface area contributed by atoms with Gasteiger partial charge in [0.05, 0.1) is 18.1 Å². The van der Waals surface area contributed by atoms with Crippen molar-refractivity contribution in [1.82, 2.24) is 4.90 Å². The number of aliphatic hydroxyl groups excluding tert-OH is 1. The summed E-state index contributed by atoms with van der Waals surface area (Å²) in [5.41, 5.74) is 1.68. The molecular weight excluding hydrogens is 306 g/mol. The van der Waals surface area contributed by atoms with Gasteiger partial charge in [0, 0.05) is 11.0 Å². The minimum absolute atomic E-state index is 0.0859. The van der Waals surface area contributed by atoms with Crippen LogP contribution in [0.15, 0.2) is 22.7 Å². The Morgan fingerprint density at radius 1 is 1.53 bits per heavy atom. The van der Waals surface area contributed by atoms with Crippen LogP contribution < -0.4 is 0 Å². The van der Waals surface area contributed by atoms with Crippen molar-refractivity contribution in [2.24, 2.45) is 0 Å². The van der Waals surface area contributed by atoms with Gasteiger partial charge in [-0.15, -0.1) is 0 Å². The van der Waals surface area contributed by atoms with Crippen molar-refractivity contribution in [3.8, 4) is 0 Å². The molecule has 1 amide bonds. The van der Waals surface area contributed by atoms with E-state index in [-0.39, 0.29) is 5.91 Å². The van der Waals surface area contributed by atoms with Gasteiger partial charge in [0.25, 0.3) is 0 Å². The highest BCUT2D eigenvalue weighted by Crippen LogP contribution is 2.30. The summed E-state index contributed by atoms with van der Waals surface area (Å²) < 4.78 is 1.03. The summed E-state index contributed by atoms with van der Waals surface area (Å²) in [6.45, 7) is 6.50. The average molecular weight is 326 g/mol. The van der Waals surface area contributed by atoms with E-state index in [0.717, 1.165) is 15.6 Å². The van der Waals surface area contributed by atoms with Crippen LogP contribution in [0, 0.1) is 6.92 Å².